The highest BCUT2D eigenvalue weighted by Crippen LogP contribution is 2.24. The second-order valence-electron chi connectivity index (χ2n) is 6.56. The summed E-state index contributed by atoms with van der Waals surface area (Å²) in [6, 6.07) is 13.6. The predicted octanol–water partition coefficient (Wildman–Crippen LogP) is 3.32. The SMILES string of the molecule is N#Cc1ccc(-c2[nH]ncc2CN2CCN(c3ccc(Cl)cn3)CC2)cc1. The number of piperazine rings is 1. The highest BCUT2D eigenvalue weighted by molar-refractivity contribution is 6.30. The molecule has 0 amide bonds. The molecule has 1 aromatic carbocycles. The molecule has 2 aromatic heterocycles. The summed E-state index contributed by atoms with van der Waals surface area (Å²) in [6.45, 7) is 4.62. The molecule has 0 aliphatic carbocycles. The number of rotatable bonds is 4. The van der Waals surface area contributed by atoms with E-state index >= 15 is 0 Å². The van der Waals surface area contributed by atoms with Gasteiger partial charge in [-0.3, -0.25) is 10.00 Å². The number of benzene rings is 1. The van der Waals surface area contributed by atoms with Crippen LogP contribution in [0.4, 0.5) is 5.82 Å². The number of H-pyrrole nitrogens is 1. The summed E-state index contributed by atoms with van der Waals surface area (Å²) >= 11 is 5.92. The zero-order chi connectivity index (χ0) is 18.6. The molecule has 1 aliphatic heterocycles. The van der Waals surface area contributed by atoms with Gasteiger partial charge in [-0.25, -0.2) is 4.98 Å². The molecule has 0 radical (unpaired) electrons. The van der Waals surface area contributed by atoms with E-state index in [4.69, 9.17) is 16.9 Å². The summed E-state index contributed by atoms with van der Waals surface area (Å²) in [4.78, 5) is 9.11. The highest BCUT2D eigenvalue weighted by atomic mass is 35.5. The molecule has 1 saturated heterocycles. The van der Waals surface area contributed by atoms with Gasteiger partial charge in [-0.05, 0) is 29.8 Å². The Labute approximate surface area is 163 Å². The first-order chi connectivity index (χ1) is 13.2. The molecule has 6 nitrogen and oxygen atoms in total. The maximum atomic E-state index is 8.96. The Balaban J connectivity index is 1.40. The third-order valence-electron chi connectivity index (χ3n) is 4.82. The minimum atomic E-state index is 0.659. The fraction of sp³-hybridized carbons (Fsp3) is 0.250. The summed E-state index contributed by atoms with van der Waals surface area (Å²) in [7, 11) is 0. The van der Waals surface area contributed by atoms with Crippen molar-refractivity contribution in [1.82, 2.24) is 20.1 Å². The first kappa shape index (κ1) is 17.5. The minimum absolute atomic E-state index is 0.659. The molecule has 0 bridgehead atoms. The number of halogens is 1. The molecule has 0 saturated carbocycles. The maximum absolute atomic E-state index is 8.96. The van der Waals surface area contributed by atoms with E-state index in [-0.39, 0.29) is 0 Å². The van der Waals surface area contributed by atoms with Crippen LogP contribution in [0.3, 0.4) is 0 Å². The lowest BCUT2D eigenvalue weighted by Gasteiger charge is -2.35. The molecule has 4 rings (SSSR count). The Morgan fingerprint density at radius 3 is 2.48 bits per heavy atom. The van der Waals surface area contributed by atoms with Crippen LogP contribution in [0.2, 0.25) is 5.02 Å². The van der Waals surface area contributed by atoms with Crippen molar-refractivity contribution in [1.29, 1.82) is 5.26 Å². The van der Waals surface area contributed by atoms with Crippen LogP contribution in [0.1, 0.15) is 11.1 Å². The van der Waals surface area contributed by atoms with Crippen molar-refractivity contribution >= 4 is 17.4 Å². The molecule has 3 aromatic rings. The van der Waals surface area contributed by atoms with E-state index in [2.05, 4.69) is 31.1 Å². The third-order valence-corrected chi connectivity index (χ3v) is 5.05. The lowest BCUT2D eigenvalue weighted by molar-refractivity contribution is 0.249. The third kappa shape index (κ3) is 3.95. The monoisotopic (exact) mass is 378 g/mol. The highest BCUT2D eigenvalue weighted by Gasteiger charge is 2.20. The van der Waals surface area contributed by atoms with Gasteiger partial charge in [0, 0.05) is 44.5 Å². The second kappa shape index (κ2) is 7.78. The van der Waals surface area contributed by atoms with Gasteiger partial charge in [0.25, 0.3) is 0 Å². The second-order valence-corrected chi connectivity index (χ2v) is 6.99. The van der Waals surface area contributed by atoms with Gasteiger partial charge in [0.1, 0.15) is 5.82 Å². The molecule has 136 valence electrons. The lowest BCUT2D eigenvalue weighted by Crippen LogP contribution is -2.46. The summed E-state index contributed by atoms with van der Waals surface area (Å²) in [5.41, 5.74) is 3.89. The zero-order valence-corrected chi connectivity index (χ0v) is 15.5. The van der Waals surface area contributed by atoms with E-state index in [9.17, 15) is 0 Å². The lowest BCUT2D eigenvalue weighted by atomic mass is 10.1. The van der Waals surface area contributed by atoms with Gasteiger partial charge in [-0.2, -0.15) is 10.4 Å². The fourth-order valence-electron chi connectivity index (χ4n) is 3.32. The Morgan fingerprint density at radius 2 is 1.81 bits per heavy atom. The number of anilines is 1. The molecule has 1 aliphatic rings. The molecular formula is C20H19ClN6. The van der Waals surface area contributed by atoms with Gasteiger partial charge in [-0.15, -0.1) is 0 Å². The van der Waals surface area contributed by atoms with E-state index < -0.39 is 0 Å². The topological polar surface area (TPSA) is 71.8 Å². The van der Waals surface area contributed by atoms with E-state index in [0.717, 1.165) is 55.4 Å². The summed E-state index contributed by atoms with van der Waals surface area (Å²) in [5.74, 6) is 0.973. The zero-order valence-electron chi connectivity index (χ0n) is 14.8. The molecule has 3 heterocycles. The van der Waals surface area contributed by atoms with Crippen LogP contribution in [-0.4, -0.2) is 46.3 Å². The molecule has 27 heavy (non-hydrogen) atoms. The van der Waals surface area contributed by atoms with E-state index in [1.54, 1.807) is 6.20 Å². The van der Waals surface area contributed by atoms with Crippen molar-refractivity contribution in [3.63, 3.8) is 0 Å². The van der Waals surface area contributed by atoms with Crippen LogP contribution in [0.15, 0.2) is 48.8 Å². The smallest absolute Gasteiger partial charge is 0.128 e. The average molecular weight is 379 g/mol. The maximum Gasteiger partial charge on any atom is 0.128 e. The number of hydrogen-bond donors (Lipinski definition) is 1. The quantitative estimate of drug-likeness (QED) is 0.754. The van der Waals surface area contributed by atoms with Crippen molar-refractivity contribution in [3.8, 4) is 17.3 Å². The molecule has 0 atom stereocenters. The normalized spacial score (nSPS) is 14.9. The van der Waals surface area contributed by atoms with Gasteiger partial charge < -0.3 is 4.90 Å². The number of pyridine rings is 1. The molecule has 0 spiro atoms. The van der Waals surface area contributed by atoms with Crippen molar-refractivity contribution in [2.75, 3.05) is 31.1 Å². The largest absolute Gasteiger partial charge is 0.354 e. The van der Waals surface area contributed by atoms with Crippen LogP contribution >= 0.6 is 11.6 Å². The number of aromatic amines is 1. The number of nitrogens with one attached hydrogen (secondary N) is 1. The Hall–Kier alpha value is -2.88. The van der Waals surface area contributed by atoms with Crippen molar-refractivity contribution < 1.29 is 0 Å². The van der Waals surface area contributed by atoms with E-state index in [0.29, 0.717) is 10.6 Å². The summed E-state index contributed by atoms with van der Waals surface area (Å²) in [6.07, 6.45) is 3.58. The first-order valence-electron chi connectivity index (χ1n) is 8.84. The van der Waals surface area contributed by atoms with Crippen molar-refractivity contribution in [3.05, 3.63) is 64.9 Å². The van der Waals surface area contributed by atoms with Crippen LogP contribution in [-0.2, 0) is 6.54 Å². The van der Waals surface area contributed by atoms with Gasteiger partial charge in [0.05, 0.1) is 28.5 Å². The van der Waals surface area contributed by atoms with E-state index in [1.807, 2.05) is 42.6 Å². The van der Waals surface area contributed by atoms with Crippen LogP contribution in [0.25, 0.3) is 11.3 Å². The number of hydrogen-bond acceptors (Lipinski definition) is 5. The minimum Gasteiger partial charge on any atom is -0.354 e. The van der Waals surface area contributed by atoms with Gasteiger partial charge in [-0.1, -0.05) is 23.7 Å². The van der Waals surface area contributed by atoms with E-state index in [1.165, 1.54) is 0 Å². The Morgan fingerprint density at radius 1 is 1.04 bits per heavy atom. The Bertz CT molecular complexity index is 934. The fourth-order valence-corrected chi connectivity index (χ4v) is 3.44. The van der Waals surface area contributed by atoms with Crippen LogP contribution in [0.5, 0.6) is 0 Å². The van der Waals surface area contributed by atoms with Gasteiger partial charge in [0.15, 0.2) is 0 Å². The van der Waals surface area contributed by atoms with Crippen molar-refractivity contribution in [2.45, 2.75) is 6.54 Å². The molecular weight excluding hydrogens is 360 g/mol. The van der Waals surface area contributed by atoms with Crippen LogP contribution in [0, 0.1) is 11.3 Å². The number of nitrogens with zero attached hydrogens (tertiary/aromatic N) is 5. The average Bonchev–Trinajstić information content (AvgIpc) is 3.17. The van der Waals surface area contributed by atoms with Crippen LogP contribution < -0.4 is 4.90 Å². The Kier molecular flexibility index (Phi) is 5.05. The molecule has 1 N–H and O–H groups in total. The van der Waals surface area contributed by atoms with Crippen molar-refractivity contribution in [2.24, 2.45) is 0 Å². The van der Waals surface area contributed by atoms with Gasteiger partial charge in [0.2, 0.25) is 0 Å². The first-order valence-corrected chi connectivity index (χ1v) is 9.22. The van der Waals surface area contributed by atoms with Gasteiger partial charge >= 0.3 is 0 Å². The summed E-state index contributed by atoms with van der Waals surface area (Å²) in [5, 5.41) is 16.9. The number of nitriles is 1. The predicted molar refractivity (Wildman–Crippen MR) is 105 cm³/mol. The summed E-state index contributed by atoms with van der Waals surface area (Å²) < 4.78 is 0. The molecule has 7 heteroatoms. The molecule has 0 unspecified atom stereocenters. The standard InChI is InChI=1S/C20H19ClN6/c21-18-5-6-19(23-13-18)27-9-7-26(8-10-27)14-17-12-24-25-20(17)16-3-1-15(11-22)2-4-16/h1-6,12-13H,7-10,14H2,(H,24,25). The molecule has 1 fully saturated rings. The number of aromatic nitrogens is 3.